The Morgan fingerprint density at radius 1 is 1.13 bits per heavy atom. The number of nitrogens with zero attached hydrogens (tertiary/aromatic N) is 5. The second kappa shape index (κ2) is 10.7. The summed E-state index contributed by atoms with van der Waals surface area (Å²) in [6, 6.07) is 6.72. The van der Waals surface area contributed by atoms with Crippen molar-refractivity contribution in [3.63, 3.8) is 0 Å². The van der Waals surface area contributed by atoms with E-state index in [4.69, 9.17) is 24.4 Å². The average molecular weight is 616 g/mol. The van der Waals surface area contributed by atoms with Crippen molar-refractivity contribution in [2.45, 2.75) is 76.1 Å². The minimum Gasteiger partial charge on any atom is -0.508 e. The van der Waals surface area contributed by atoms with Crippen molar-refractivity contribution in [2.75, 3.05) is 44.3 Å². The normalized spacial score (nSPS) is 26.6. The van der Waals surface area contributed by atoms with Crippen molar-refractivity contribution in [2.24, 2.45) is 0 Å². The summed E-state index contributed by atoms with van der Waals surface area (Å²) in [7, 11) is 0. The van der Waals surface area contributed by atoms with E-state index < -0.39 is 6.17 Å². The van der Waals surface area contributed by atoms with Gasteiger partial charge in [-0.15, -0.1) is 0 Å². The van der Waals surface area contributed by atoms with Gasteiger partial charge < -0.3 is 19.5 Å². The van der Waals surface area contributed by atoms with E-state index in [1.807, 2.05) is 13.8 Å². The maximum Gasteiger partial charge on any atom is 0.319 e. The molecule has 45 heavy (non-hydrogen) atoms. The largest absolute Gasteiger partial charge is 0.508 e. The van der Waals surface area contributed by atoms with Crippen LogP contribution in [0.4, 0.5) is 14.6 Å². The molecule has 4 fully saturated rings. The predicted molar refractivity (Wildman–Crippen MR) is 169 cm³/mol. The monoisotopic (exact) mass is 615 g/mol. The highest BCUT2D eigenvalue weighted by Crippen LogP contribution is 2.43. The quantitative estimate of drug-likeness (QED) is 0.272. The van der Waals surface area contributed by atoms with Crippen molar-refractivity contribution in [3.8, 4) is 23.0 Å². The Hall–Kier alpha value is -3.63. The topological polar surface area (TPSA) is 83.8 Å². The third-order valence-electron chi connectivity index (χ3n) is 10.7. The van der Waals surface area contributed by atoms with E-state index in [9.17, 15) is 9.50 Å². The second-order valence-electron chi connectivity index (χ2n) is 13.5. The molecule has 4 saturated heterocycles. The first kappa shape index (κ1) is 28.8. The molecule has 0 bridgehead atoms. The summed E-state index contributed by atoms with van der Waals surface area (Å²) < 4.78 is 42.1. The predicted octanol–water partition coefficient (Wildman–Crippen LogP) is 6.28. The Morgan fingerprint density at radius 3 is 2.78 bits per heavy atom. The zero-order chi connectivity index (χ0) is 30.9. The average Bonchev–Trinajstić information content (AvgIpc) is 3.55. The molecule has 6 heterocycles. The fourth-order valence-electron chi connectivity index (χ4n) is 8.43. The van der Waals surface area contributed by atoms with Gasteiger partial charge in [0.2, 0.25) is 0 Å². The number of halogens is 2. The highest BCUT2D eigenvalue weighted by atomic mass is 19.1. The third kappa shape index (κ3) is 4.71. The minimum absolute atomic E-state index is 0.0853. The Kier molecular flexibility index (Phi) is 6.87. The number of phenols is 1. The lowest BCUT2D eigenvalue weighted by Gasteiger charge is -2.48. The number of alkyl halides is 1. The fraction of sp³-hybridized carbons (Fsp3) is 0.514. The highest BCUT2D eigenvalue weighted by Gasteiger charge is 2.49. The van der Waals surface area contributed by atoms with E-state index in [0.29, 0.717) is 48.3 Å². The molecule has 4 aliphatic heterocycles. The smallest absolute Gasteiger partial charge is 0.319 e. The van der Waals surface area contributed by atoms with Crippen molar-refractivity contribution >= 4 is 27.5 Å². The van der Waals surface area contributed by atoms with Crippen LogP contribution in [0, 0.1) is 12.7 Å². The molecule has 4 aliphatic rings. The van der Waals surface area contributed by atoms with Gasteiger partial charge in [0.1, 0.15) is 30.2 Å². The second-order valence-corrected chi connectivity index (χ2v) is 13.5. The Bertz CT molecular complexity index is 1810. The number of piperidine rings is 1. The van der Waals surface area contributed by atoms with Crippen LogP contribution in [-0.4, -0.2) is 81.7 Å². The van der Waals surface area contributed by atoms with Crippen LogP contribution in [0.1, 0.15) is 56.6 Å². The van der Waals surface area contributed by atoms with Gasteiger partial charge in [0.05, 0.1) is 34.3 Å². The van der Waals surface area contributed by atoms with Crippen LogP contribution in [0.25, 0.3) is 32.9 Å². The number of pyridine rings is 1. The Morgan fingerprint density at radius 2 is 1.98 bits per heavy atom. The van der Waals surface area contributed by atoms with E-state index in [0.717, 1.165) is 85.9 Å². The summed E-state index contributed by atoms with van der Waals surface area (Å²) in [5, 5.41) is 13.0. The number of hydrogen-bond donors (Lipinski definition) is 1. The summed E-state index contributed by atoms with van der Waals surface area (Å²) in [6.07, 6.45) is 6.88. The van der Waals surface area contributed by atoms with Crippen LogP contribution >= 0.6 is 0 Å². The van der Waals surface area contributed by atoms with Crippen molar-refractivity contribution in [1.82, 2.24) is 19.9 Å². The van der Waals surface area contributed by atoms with Crippen molar-refractivity contribution in [1.29, 1.82) is 0 Å². The standard InChI is InChI=1S/C35H39F2N5O3/c1-3-25-28(37)7-6-22-14-24(43)15-26(29(22)25)30-21(2)31-27(17-38-30)32(41-11-5-9-35(19-41)10-13-45-35)40-33(39-31)44-20-34-8-4-12-42(34)18-23(36)16-34/h6-7,14-15,17,23,43H,3-5,8-13,16,18-20H2,1-2H3/t23-,34+,35+/m1/s1. The van der Waals surface area contributed by atoms with E-state index in [2.05, 4.69) is 9.80 Å². The first-order valence-electron chi connectivity index (χ1n) is 16.3. The third-order valence-corrected chi connectivity index (χ3v) is 10.7. The van der Waals surface area contributed by atoms with Gasteiger partial charge in [-0.1, -0.05) is 13.0 Å². The summed E-state index contributed by atoms with van der Waals surface area (Å²) in [4.78, 5) is 19.4. The summed E-state index contributed by atoms with van der Waals surface area (Å²) in [6.45, 7) is 7.90. The van der Waals surface area contributed by atoms with Gasteiger partial charge >= 0.3 is 6.01 Å². The number of rotatable bonds is 6. The Balaban J connectivity index is 1.27. The van der Waals surface area contributed by atoms with E-state index in [1.165, 1.54) is 6.07 Å². The Labute approximate surface area is 261 Å². The highest BCUT2D eigenvalue weighted by molar-refractivity contribution is 6.03. The number of ether oxygens (including phenoxy) is 2. The molecule has 8 rings (SSSR count). The van der Waals surface area contributed by atoms with E-state index in [1.54, 1.807) is 24.4 Å². The number of benzene rings is 2. The molecule has 4 aromatic rings. The lowest BCUT2D eigenvalue weighted by Crippen LogP contribution is -2.56. The molecule has 0 aliphatic carbocycles. The molecule has 8 nitrogen and oxygen atoms in total. The lowest BCUT2D eigenvalue weighted by atomic mass is 9.86. The number of aromatic nitrogens is 3. The van der Waals surface area contributed by atoms with Gasteiger partial charge in [0.15, 0.2) is 0 Å². The van der Waals surface area contributed by atoms with Gasteiger partial charge in [-0.2, -0.15) is 9.97 Å². The van der Waals surface area contributed by atoms with Crippen LogP contribution in [0.3, 0.4) is 0 Å². The fourth-order valence-corrected chi connectivity index (χ4v) is 8.43. The van der Waals surface area contributed by atoms with Crippen molar-refractivity contribution < 1.29 is 23.4 Å². The van der Waals surface area contributed by atoms with Crippen LogP contribution < -0.4 is 9.64 Å². The molecule has 0 amide bonds. The molecule has 10 heteroatoms. The lowest BCUT2D eigenvalue weighted by molar-refractivity contribution is -0.151. The molecule has 1 N–H and O–H groups in total. The molecular formula is C35H39F2N5O3. The number of hydrogen-bond acceptors (Lipinski definition) is 8. The minimum atomic E-state index is -0.847. The maximum atomic E-state index is 15.0. The SMILES string of the molecule is CCc1c(F)ccc2cc(O)cc(-c3ncc4c(N5CCC[C@]6(CCO6)C5)nc(OC[C@@]56CCCN5C[C@H](F)C6)nc4c3C)c12. The molecule has 0 unspecified atom stereocenters. The van der Waals surface area contributed by atoms with Gasteiger partial charge in [0.25, 0.3) is 0 Å². The van der Waals surface area contributed by atoms with Crippen LogP contribution in [0.15, 0.2) is 30.5 Å². The molecule has 2 aromatic heterocycles. The molecule has 1 spiro atoms. The number of fused-ring (bicyclic) bond motifs is 3. The van der Waals surface area contributed by atoms with Crippen LogP contribution in [0.2, 0.25) is 0 Å². The molecular weight excluding hydrogens is 576 g/mol. The molecule has 0 radical (unpaired) electrons. The number of aromatic hydroxyl groups is 1. The number of anilines is 1. The maximum absolute atomic E-state index is 15.0. The number of phenolic OH excluding ortho intramolecular Hbond substituents is 1. The molecule has 2 aromatic carbocycles. The number of aryl methyl sites for hydroxylation is 2. The zero-order valence-electron chi connectivity index (χ0n) is 25.9. The molecule has 3 atom stereocenters. The van der Waals surface area contributed by atoms with E-state index >= 15 is 4.39 Å². The van der Waals surface area contributed by atoms with Crippen molar-refractivity contribution in [3.05, 3.63) is 47.4 Å². The first-order chi connectivity index (χ1) is 21.8. The summed E-state index contributed by atoms with van der Waals surface area (Å²) in [5.74, 6) is 0.557. The van der Waals surface area contributed by atoms with Crippen LogP contribution in [0.5, 0.6) is 11.8 Å². The summed E-state index contributed by atoms with van der Waals surface area (Å²) in [5.41, 5.74) is 2.86. The summed E-state index contributed by atoms with van der Waals surface area (Å²) >= 11 is 0. The molecule has 0 saturated carbocycles. The zero-order valence-corrected chi connectivity index (χ0v) is 25.9. The van der Waals surface area contributed by atoms with Gasteiger partial charge in [-0.25, -0.2) is 8.78 Å². The van der Waals surface area contributed by atoms with Crippen LogP contribution in [-0.2, 0) is 11.2 Å². The molecule has 236 valence electrons. The van der Waals surface area contributed by atoms with Gasteiger partial charge in [-0.3, -0.25) is 9.88 Å². The van der Waals surface area contributed by atoms with E-state index in [-0.39, 0.29) is 28.7 Å². The van der Waals surface area contributed by atoms with Gasteiger partial charge in [-0.05, 0) is 80.1 Å². The van der Waals surface area contributed by atoms with Gasteiger partial charge in [0, 0.05) is 49.8 Å². The first-order valence-corrected chi connectivity index (χ1v) is 16.3.